The molecule has 0 fully saturated rings. The highest BCUT2D eigenvalue weighted by Gasteiger charge is 2.20. The number of hydrogen-bond acceptors (Lipinski definition) is 1. The second-order valence-corrected chi connectivity index (χ2v) is 4.04. The topological polar surface area (TPSA) is 26.0 Å². The van der Waals surface area contributed by atoms with E-state index in [-0.39, 0.29) is 0 Å². The molecule has 1 aromatic carbocycles. The van der Waals surface area contributed by atoms with Gasteiger partial charge < -0.3 is 5.73 Å². The third-order valence-electron chi connectivity index (χ3n) is 3.32. The highest BCUT2D eigenvalue weighted by molar-refractivity contribution is 5.81. The number of allylic oxidation sites excluding steroid dienone is 2. The van der Waals surface area contributed by atoms with Gasteiger partial charge in [-0.2, -0.15) is 0 Å². The minimum absolute atomic E-state index is 1.01. The fourth-order valence-corrected chi connectivity index (χ4v) is 2.55. The van der Waals surface area contributed by atoms with Crippen LogP contribution < -0.4 is 5.73 Å². The molecule has 0 radical (unpaired) electrons. The van der Waals surface area contributed by atoms with E-state index in [1.165, 1.54) is 27.8 Å². The predicted octanol–water partition coefficient (Wildman–Crippen LogP) is 2.72. The summed E-state index contributed by atoms with van der Waals surface area (Å²) < 4.78 is 0. The van der Waals surface area contributed by atoms with Crippen molar-refractivity contribution in [1.82, 2.24) is 0 Å². The van der Waals surface area contributed by atoms with Crippen LogP contribution in [0, 0.1) is 6.92 Å². The van der Waals surface area contributed by atoms with E-state index in [0.29, 0.717) is 0 Å². The van der Waals surface area contributed by atoms with Gasteiger partial charge >= 0.3 is 0 Å². The van der Waals surface area contributed by atoms with Crippen LogP contribution in [0.4, 0.5) is 5.69 Å². The summed E-state index contributed by atoms with van der Waals surface area (Å²) >= 11 is 0. The Hall–Kier alpha value is -1.50. The maximum Gasteiger partial charge on any atom is 0.0397 e. The zero-order valence-corrected chi connectivity index (χ0v) is 8.30. The molecule has 0 spiro atoms. The number of nitrogen functional groups attached to an aromatic ring is 1. The summed E-state index contributed by atoms with van der Waals surface area (Å²) in [5, 5.41) is 0. The number of hydrogen-bond donors (Lipinski definition) is 1. The van der Waals surface area contributed by atoms with Crippen LogP contribution >= 0.6 is 0 Å². The van der Waals surface area contributed by atoms with Crippen molar-refractivity contribution in [3.63, 3.8) is 0 Å². The molecular weight excluding hydrogens is 170 g/mol. The van der Waals surface area contributed by atoms with Gasteiger partial charge in [-0.3, -0.25) is 0 Å². The Morgan fingerprint density at radius 2 is 1.50 bits per heavy atom. The lowest BCUT2D eigenvalue weighted by atomic mass is 9.93. The molecule has 1 aromatic rings. The van der Waals surface area contributed by atoms with Gasteiger partial charge in [-0.25, -0.2) is 0 Å². The molecule has 2 aliphatic rings. The van der Waals surface area contributed by atoms with Gasteiger partial charge in [0, 0.05) is 5.69 Å². The minimum Gasteiger partial charge on any atom is -0.398 e. The summed E-state index contributed by atoms with van der Waals surface area (Å²) in [5.74, 6) is 0. The first-order valence-corrected chi connectivity index (χ1v) is 5.06. The Kier molecular flexibility index (Phi) is 1.41. The van der Waals surface area contributed by atoms with E-state index in [4.69, 9.17) is 5.73 Å². The molecule has 0 heterocycles. The Morgan fingerprint density at radius 3 is 2.00 bits per heavy atom. The second kappa shape index (κ2) is 2.50. The van der Waals surface area contributed by atoms with E-state index in [1.54, 1.807) is 0 Å². The fourth-order valence-electron chi connectivity index (χ4n) is 2.55. The predicted molar refractivity (Wildman–Crippen MR) is 61.1 cm³/mol. The van der Waals surface area contributed by atoms with Gasteiger partial charge in [0.15, 0.2) is 0 Å². The maximum atomic E-state index is 6.17. The van der Waals surface area contributed by atoms with Crippen LogP contribution in [0.15, 0.2) is 12.2 Å². The van der Waals surface area contributed by atoms with Crippen molar-refractivity contribution in [3.8, 4) is 0 Å². The lowest BCUT2D eigenvalue weighted by Gasteiger charge is -2.14. The smallest absolute Gasteiger partial charge is 0.0397 e. The maximum absolute atomic E-state index is 6.17. The first kappa shape index (κ1) is 7.86. The summed E-state index contributed by atoms with van der Waals surface area (Å²) in [4.78, 5) is 0. The largest absolute Gasteiger partial charge is 0.398 e. The van der Waals surface area contributed by atoms with Gasteiger partial charge in [0.05, 0.1) is 0 Å². The number of nitrogens with two attached hydrogens (primary N) is 1. The molecule has 0 amide bonds. The molecule has 2 aliphatic carbocycles. The van der Waals surface area contributed by atoms with E-state index >= 15 is 0 Å². The molecule has 0 aromatic heterocycles. The second-order valence-electron chi connectivity index (χ2n) is 4.04. The van der Waals surface area contributed by atoms with Crippen LogP contribution in [-0.4, -0.2) is 0 Å². The van der Waals surface area contributed by atoms with Crippen molar-refractivity contribution < 1.29 is 0 Å². The van der Waals surface area contributed by atoms with Crippen molar-refractivity contribution in [1.29, 1.82) is 0 Å². The number of anilines is 1. The zero-order chi connectivity index (χ0) is 9.71. The Morgan fingerprint density at radius 1 is 1.00 bits per heavy atom. The first-order valence-electron chi connectivity index (χ1n) is 5.06. The SMILES string of the molecule is Cc1c2c(c(N)c3c1C=CC3)CC=C2. The molecular formula is C13H13N. The summed E-state index contributed by atoms with van der Waals surface area (Å²) in [5.41, 5.74) is 14.0. The van der Waals surface area contributed by atoms with Gasteiger partial charge in [-0.15, -0.1) is 0 Å². The number of benzene rings is 1. The van der Waals surface area contributed by atoms with Crippen molar-refractivity contribution >= 4 is 17.8 Å². The van der Waals surface area contributed by atoms with Gasteiger partial charge in [0.1, 0.15) is 0 Å². The van der Waals surface area contributed by atoms with Crippen LogP contribution in [0.25, 0.3) is 12.2 Å². The molecule has 1 nitrogen and oxygen atoms in total. The van der Waals surface area contributed by atoms with Gasteiger partial charge in [0.25, 0.3) is 0 Å². The third-order valence-corrected chi connectivity index (χ3v) is 3.32. The molecule has 0 atom stereocenters. The van der Waals surface area contributed by atoms with E-state index in [2.05, 4.69) is 31.2 Å². The number of rotatable bonds is 0. The molecule has 3 rings (SSSR count). The molecule has 0 aliphatic heterocycles. The van der Waals surface area contributed by atoms with Gasteiger partial charge in [-0.1, -0.05) is 24.3 Å². The Balaban J connectivity index is 2.41. The minimum atomic E-state index is 1.01. The van der Waals surface area contributed by atoms with Crippen molar-refractivity contribution in [3.05, 3.63) is 40.0 Å². The van der Waals surface area contributed by atoms with Crippen molar-refractivity contribution in [2.24, 2.45) is 0 Å². The van der Waals surface area contributed by atoms with E-state index in [0.717, 1.165) is 18.5 Å². The molecule has 14 heavy (non-hydrogen) atoms. The van der Waals surface area contributed by atoms with Crippen molar-refractivity contribution in [2.75, 3.05) is 5.73 Å². The fraction of sp³-hybridized carbons (Fsp3) is 0.231. The van der Waals surface area contributed by atoms with Crippen LogP contribution in [0.3, 0.4) is 0 Å². The van der Waals surface area contributed by atoms with E-state index < -0.39 is 0 Å². The van der Waals surface area contributed by atoms with Crippen LogP contribution in [0.1, 0.15) is 27.8 Å². The monoisotopic (exact) mass is 183 g/mol. The van der Waals surface area contributed by atoms with E-state index in [1.807, 2.05) is 0 Å². The molecule has 0 unspecified atom stereocenters. The zero-order valence-electron chi connectivity index (χ0n) is 8.30. The lowest BCUT2D eigenvalue weighted by Crippen LogP contribution is -2.02. The van der Waals surface area contributed by atoms with Crippen molar-refractivity contribution in [2.45, 2.75) is 19.8 Å². The van der Waals surface area contributed by atoms with Gasteiger partial charge in [0.2, 0.25) is 0 Å². The molecule has 1 heteroatoms. The highest BCUT2D eigenvalue weighted by Crippen LogP contribution is 2.37. The average Bonchev–Trinajstić information content (AvgIpc) is 2.82. The molecule has 2 N–H and O–H groups in total. The average molecular weight is 183 g/mol. The van der Waals surface area contributed by atoms with E-state index in [9.17, 15) is 0 Å². The third kappa shape index (κ3) is 0.796. The Labute approximate surface area is 83.9 Å². The van der Waals surface area contributed by atoms with Crippen LogP contribution in [0.5, 0.6) is 0 Å². The quantitative estimate of drug-likeness (QED) is 0.615. The summed E-state index contributed by atoms with van der Waals surface area (Å²) in [7, 11) is 0. The Bertz CT molecular complexity index is 437. The summed E-state index contributed by atoms with van der Waals surface area (Å²) in [6.45, 7) is 2.20. The first-order chi connectivity index (χ1) is 6.79. The molecule has 70 valence electrons. The van der Waals surface area contributed by atoms with Gasteiger partial charge in [-0.05, 0) is 47.6 Å². The summed E-state index contributed by atoms with van der Waals surface area (Å²) in [6.07, 6.45) is 10.8. The normalized spacial score (nSPS) is 16.1. The highest BCUT2D eigenvalue weighted by atomic mass is 14.6. The lowest BCUT2D eigenvalue weighted by molar-refractivity contribution is 1.22. The molecule has 0 saturated carbocycles. The number of fused-ring (bicyclic) bond motifs is 2. The van der Waals surface area contributed by atoms with Crippen LogP contribution in [-0.2, 0) is 12.8 Å². The standard InChI is InChI=1S/C13H13N/c1-8-9-4-2-6-11(9)13(14)12-7-3-5-10(8)12/h2-5H,6-7,14H2,1H3. The molecule has 0 saturated heterocycles. The molecule has 0 bridgehead atoms. The summed E-state index contributed by atoms with van der Waals surface area (Å²) in [6, 6.07) is 0. The van der Waals surface area contributed by atoms with Crippen LogP contribution in [0.2, 0.25) is 0 Å².